The van der Waals surface area contributed by atoms with E-state index < -0.39 is 0 Å². The van der Waals surface area contributed by atoms with Crippen LogP contribution in [0.3, 0.4) is 0 Å². The number of hydrogen-bond acceptors (Lipinski definition) is 5. The highest BCUT2D eigenvalue weighted by molar-refractivity contribution is 5.96. The Bertz CT molecular complexity index is 1250. The van der Waals surface area contributed by atoms with Gasteiger partial charge in [0.2, 0.25) is 0 Å². The van der Waals surface area contributed by atoms with Crippen molar-refractivity contribution < 1.29 is 23.8 Å². The molecule has 1 aliphatic carbocycles. The van der Waals surface area contributed by atoms with Crippen LogP contribution in [0.4, 0.5) is 0 Å². The van der Waals surface area contributed by atoms with Gasteiger partial charge in [0.1, 0.15) is 13.2 Å². The molecule has 35 heavy (non-hydrogen) atoms. The highest BCUT2D eigenvalue weighted by Crippen LogP contribution is 2.29. The first-order chi connectivity index (χ1) is 17.0. The standard InChI is InChI=1S/C29H29NO5/c1-20-6-5-7-22(16-20)12-13-34-28-19-25(10-11-27(28)35-15-14-33-21(2)31)29(32)30-26-17-23-8-3-4-9-24(23)18-26/h3-11,16-17,19H,12-15,18H2,1-2H3,(H,30,32). The number of fused-ring (bicyclic) bond motifs is 1. The lowest BCUT2D eigenvalue weighted by molar-refractivity contribution is -0.141. The summed E-state index contributed by atoms with van der Waals surface area (Å²) in [5, 5.41) is 3.01. The largest absolute Gasteiger partial charge is 0.489 e. The van der Waals surface area contributed by atoms with Crippen molar-refractivity contribution in [1.29, 1.82) is 0 Å². The Kier molecular flexibility index (Phi) is 7.83. The second-order valence-corrected chi connectivity index (χ2v) is 8.44. The molecule has 4 rings (SSSR count). The SMILES string of the molecule is CC(=O)OCCOc1ccc(C(=O)NC2=Cc3ccccc3C2)cc1OCCc1cccc(C)c1. The summed E-state index contributed by atoms with van der Waals surface area (Å²) in [6.45, 7) is 4.15. The quantitative estimate of drug-likeness (QED) is 0.337. The summed E-state index contributed by atoms with van der Waals surface area (Å²) < 4.78 is 16.8. The van der Waals surface area contributed by atoms with Gasteiger partial charge in [-0.25, -0.2) is 0 Å². The summed E-state index contributed by atoms with van der Waals surface area (Å²) in [5.41, 5.74) is 6.02. The third-order valence-corrected chi connectivity index (χ3v) is 5.62. The van der Waals surface area contributed by atoms with Crippen molar-refractivity contribution in [3.63, 3.8) is 0 Å². The first-order valence-corrected chi connectivity index (χ1v) is 11.7. The van der Waals surface area contributed by atoms with Gasteiger partial charge in [0.25, 0.3) is 5.91 Å². The van der Waals surface area contributed by atoms with Gasteiger partial charge in [-0.15, -0.1) is 0 Å². The maximum Gasteiger partial charge on any atom is 0.302 e. The maximum absolute atomic E-state index is 13.0. The van der Waals surface area contributed by atoms with E-state index in [1.165, 1.54) is 23.6 Å². The van der Waals surface area contributed by atoms with Crippen LogP contribution >= 0.6 is 0 Å². The van der Waals surface area contributed by atoms with Crippen molar-refractivity contribution in [3.05, 3.63) is 100 Å². The lowest BCUT2D eigenvalue weighted by atomic mass is 10.1. The van der Waals surface area contributed by atoms with Crippen molar-refractivity contribution >= 4 is 18.0 Å². The highest BCUT2D eigenvalue weighted by Gasteiger charge is 2.17. The molecule has 0 bridgehead atoms. The van der Waals surface area contributed by atoms with Gasteiger partial charge in [-0.2, -0.15) is 0 Å². The number of allylic oxidation sites excluding steroid dienone is 1. The fraction of sp³-hybridized carbons (Fsp3) is 0.241. The molecule has 0 heterocycles. The number of nitrogens with one attached hydrogen (secondary N) is 1. The van der Waals surface area contributed by atoms with Crippen LogP contribution < -0.4 is 14.8 Å². The van der Waals surface area contributed by atoms with Gasteiger partial charge >= 0.3 is 5.97 Å². The lowest BCUT2D eigenvalue weighted by Crippen LogP contribution is -2.22. The summed E-state index contributed by atoms with van der Waals surface area (Å²) in [7, 11) is 0. The van der Waals surface area contributed by atoms with Crippen molar-refractivity contribution in [1.82, 2.24) is 5.32 Å². The van der Waals surface area contributed by atoms with Gasteiger partial charge in [-0.3, -0.25) is 9.59 Å². The molecule has 0 aliphatic heterocycles. The molecule has 3 aromatic rings. The van der Waals surface area contributed by atoms with E-state index >= 15 is 0 Å². The van der Waals surface area contributed by atoms with E-state index in [0.717, 1.165) is 17.7 Å². The van der Waals surface area contributed by atoms with Crippen molar-refractivity contribution in [3.8, 4) is 11.5 Å². The van der Waals surface area contributed by atoms with Crippen LogP contribution in [0.2, 0.25) is 0 Å². The van der Waals surface area contributed by atoms with E-state index in [4.69, 9.17) is 14.2 Å². The Hall–Kier alpha value is -4.06. The molecule has 0 aromatic heterocycles. The van der Waals surface area contributed by atoms with Crippen molar-refractivity contribution in [2.75, 3.05) is 19.8 Å². The first kappa shape index (κ1) is 24.1. The monoisotopic (exact) mass is 471 g/mol. The van der Waals surface area contributed by atoms with E-state index in [0.29, 0.717) is 30.1 Å². The van der Waals surface area contributed by atoms with Gasteiger partial charge in [0, 0.05) is 31.0 Å². The minimum atomic E-state index is -0.362. The summed E-state index contributed by atoms with van der Waals surface area (Å²) >= 11 is 0. The average Bonchev–Trinajstić information content (AvgIpc) is 3.24. The average molecular weight is 472 g/mol. The van der Waals surface area contributed by atoms with Crippen molar-refractivity contribution in [2.24, 2.45) is 0 Å². The van der Waals surface area contributed by atoms with Crippen LogP contribution in [0, 0.1) is 6.92 Å². The normalized spacial score (nSPS) is 11.9. The number of ether oxygens (including phenoxy) is 3. The Morgan fingerprint density at radius 1 is 0.886 bits per heavy atom. The second kappa shape index (κ2) is 11.4. The molecular formula is C29H29NO5. The zero-order valence-corrected chi connectivity index (χ0v) is 20.0. The van der Waals surface area contributed by atoms with E-state index in [1.54, 1.807) is 18.2 Å². The number of amides is 1. The highest BCUT2D eigenvalue weighted by atomic mass is 16.6. The summed E-state index contributed by atoms with van der Waals surface area (Å²) in [6.07, 6.45) is 3.41. The third-order valence-electron chi connectivity index (χ3n) is 5.62. The zero-order chi connectivity index (χ0) is 24.6. The molecule has 180 valence electrons. The second-order valence-electron chi connectivity index (χ2n) is 8.44. The first-order valence-electron chi connectivity index (χ1n) is 11.7. The molecule has 0 fully saturated rings. The molecule has 0 radical (unpaired) electrons. The molecule has 0 spiro atoms. The van der Waals surface area contributed by atoms with Crippen LogP contribution in [0.25, 0.3) is 6.08 Å². The number of carbonyl (C=O) groups excluding carboxylic acids is 2. The van der Waals surface area contributed by atoms with E-state index in [2.05, 4.69) is 36.5 Å². The Morgan fingerprint density at radius 2 is 1.71 bits per heavy atom. The number of carbonyl (C=O) groups is 2. The van der Waals surface area contributed by atoms with Gasteiger partial charge in [0.05, 0.1) is 6.61 Å². The van der Waals surface area contributed by atoms with Crippen LogP contribution in [-0.4, -0.2) is 31.7 Å². The fourth-order valence-corrected chi connectivity index (χ4v) is 3.94. The number of esters is 1. The molecule has 6 heteroatoms. The smallest absolute Gasteiger partial charge is 0.302 e. The number of rotatable bonds is 10. The zero-order valence-electron chi connectivity index (χ0n) is 20.0. The summed E-state index contributed by atoms with van der Waals surface area (Å²) in [6, 6.07) is 21.4. The number of hydrogen-bond donors (Lipinski definition) is 1. The number of benzene rings is 3. The predicted molar refractivity (Wildman–Crippen MR) is 135 cm³/mol. The molecule has 1 aliphatic rings. The number of aryl methyl sites for hydroxylation is 1. The molecule has 6 nitrogen and oxygen atoms in total. The lowest BCUT2D eigenvalue weighted by Gasteiger charge is -2.15. The van der Waals surface area contributed by atoms with Crippen LogP contribution in [-0.2, 0) is 22.4 Å². The molecule has 0 saturated carbocycles. The Balaban J connectivity index is 1.44. The summed E-state index contributed by atoms with van der Waals surface area (Å²) in [5.74, 6) is 0.389. The van der Waals surface area contributed by atoms with Crippen LogP contribution in [0.1, 0.15) is 39.5 Å². The minimum Gasteiger partial charge on any atom is -0.489 e. The Morgan fingerprint density at radius 3 is 2.51 bits per heavy atom. The summed E-state index contributed by atoms with van der Waals surface area (Å²) in [4.78, 5) is 24.0. The van der Waals surface area contributed by atoms with Crippen LogP contribution in [0.15, 0.2) is 72.4 Å². The third kappa shape index (κ3) is 6.73. The van der Waals surface area contributed by atoms with E-state index in [-0.39, 0.29) is 25.1 Å². The molecule has 1 N–H and O–H groups in total. The predicted octanol–water partition coefficient (Wildman–Crippen LogP) is 4.89. The van der Waals surface area contributed by atoms with E-state index in [1.807, 2.05) is 30.3 Å². The van der Waals surface area contributed by atoms with Gasteiger partial charge in [0.15, 0.2) is 11.5 Å². The maximum atomic E-state index is 13.0. The molecule has 0 atom stereocenters. The fourth-order valence-electron chi connectivity index (χ4n) is 3.94. The molecule has 0 saturated heterocycles. The van der Waals surface area contributed by atoms with Gasteiger partial charge < -0.3 is 19.5 Å². The topological polar surface area (TPSA) is 73.9 Å². The van der Waals surface area contributed by atoms with Gasteiger partial charge in [-0.05, 0) is 47.9 Å². The Labute approximate surface area is 205 Å². The minimum absolute atomic E-state index is 0.134. The van der Waals surface area contributed by atoms with E-state index in [9.17, 15) is 9.59 Å². The molecule has 1 amide bonds. The molecule has 0 unspecified atom stereocenters. The molecule has 3 aromatic carbocycles. The molecular weight excluding hydrogens is 442 g/mol. The van der Waals surface area contributed by atoms with Gasteiger partial charge in [-0.1, -0.05) is 54.1 Å². The van der Waals surface area contributed by atoms with Crippen LogP contribution in [0.5, 0.6) is 11.5 Å². The van der Waals surface area contributed by atoms with Crippen molar-refractivity contribution in [2.45, 2.75) is 26.7 Å².